The Morgan fingerprint density at radius 2 is 2.12 bits per heavy atom. The number of methoxy groups -OCH3 is 1. The van der Waals surface area contributed by atoms with Crippen LogP contribution in [0.5, 0.6) is 5.75 Å². The van der Waals surface area contributed by atoms with Crippen molar-refractivity contribution in [3.63, 3.8) is 0 Å². The third-order valence-corrected chi connectivity index (χ3v) is 3.54. The quantitative estimate of drug-likeness (QED) is 0.853. The molecule has 17 heavy (non-hydrogen) atoms. The second kappa shape index (κ2) is 4.31. The number of ether oxygens (including phenoxy) is 1. The molecule has 0 saturated heterocycles. The molecule has 0 spiro atoms. The van der Waals surface area contributed by atoms with E-state index in [9.17, 15) is 0 Å². The molecule has 0 saturated carbocycles. The molecule has 1 atom stereocenters. The Balaban J connectivity index is 2.44. The van der Waals surface area contributed by atoms with E-state index >= 15 is 0 Å². The van der Waals surface area contributed by atoms with Crippen molar-refractivity contribution in [2.45, 2.75) is 38.9 Å². The summed E-state index contributed by atoms with van der Waals surface area (Å²) in [7, 11) is 1.73. The van der Waals surface area contributed by atoms with Gasteiger partial charge in [0.2, 0.25) is 0 Å². The molecule has 94 valence electrons. The van der Waals surface area contributed by atoms with Crippen molar-refractivity contribution in [2.24, 2.45) is 5.73 Å². The molecule has 3 nitrogen and oxygen atoms in total. The van der Waals surface area contributed by atoms with E-state index < -0.39 is 0 Å². The molecule has 1 heterocycles. The predicted octanol–water partition coefficient (Wildman–Crippen LogP) is 2.31. The Kier molecular flexibility index (Phi) is 3.15. The van der Waals surface area contributed by atoms with Crippen LogP contribution >= 0.6 is 0 Å². The molecule has 1 aliphatic rings. The Morgan fingerprint density at radius 1 is 1.41 bits per heavy atom. The van der Waals surface area contributed by atoms with E-state index in [4.69, 9.17) is 10.5 Å². The molecule has 0 radical (unpaired) electrons. The van der Waals surface area contributed by atoms with E-state index in [1.54, 1.807) is 7.11 Å². The average molecular weight is 234 g/mol. The van der Waals surface area contributed by atoms with Gasteiger partial charge in [-0.05, 0) is 32.4 Å². The van der Waals surface area contributed by atoms with Gasteiger partial charge in [-0.3, -0.25) is 4.90 Å². The molecule has 1 aromatic rings. The molecule has 0 bridgehead atoms. The van der Waals surface area contributed by atoms with Gasteiger partial charge in [0.25, 0.3) is 0 Å². The summed E-state index contributed by atoms with van der Waals surface area (Å²) in [4.78, 5) is 2.44. The highest BCUT2D eigenvalue weighted by atomic mass is 16.5. The van der Waals surface area contributed by atoms with E-state index in [0.717, 1.165) is 12.3 Å². The van der Waals surface area contributed by atoms with Gasteiger partial charge in [0.1, 0.15) is 5.75 Å². The van der Waals surface area contributed by atoms with E-state index in [0.29, 0.717) is 12.6 Å². The molecule has 1 unspecified atom stereocenters. The molecule has 0 aromatic heterocycles. The van der Waals surface area contributed by atoms with Crippen molar-refractivity contribution in [2.75, 3.05) is 13.7 Å². The minimum atomic E-state index is 0.119. The highest BCUT2D eigenvalue weighted by Gasteiger charge is 2.37. The molecular formula is C14H22N2O. The van der Waals surface area contributed by atoms with Gasteiger partial charge < -0.3 is 10.5 Å². The Bertz CT molecular complexity index is 409. The van der Waals surface area contributed by atoms with Crippen LogP contribution in [0.3, 0.4) is 0 Å². The lowest BCUT2D eigenvalue weighted by molar-refractivity contribution is 0.0944. The number of nitrogens with zero attached hydrogens (tertiary/aromatic N) is 1. The van der Waals surface area contributed by atoms with Crippen LogP contribution in [0.15, 0.2) is 18.2 Å². The minimum absolute atomic E-state index is 0.119. The van der Waals surface area contributed by atoms with Crippen molar-refractivity contribution in [3.8, 4) is 5.75 Å². The van der Waals surface area contributed by atoms with Crippen LogP contribution in [0, 0.1) is 0 Å². The van der Waals surface area contributed by atoms with Crippen LogP contribution in [0.25, 0.3) is 0 Å². The molecule has 0 fully saturated rings. The largest absolute Gasteiger partial charge is 0.496 e. The van der Waals surface area contributed by atoms with Crippen LogP contribution in [0.2, 0.25) is 0 Å². The topological polar surface area (TPSA) is 38.5 Å². The second-order valence-corrected chi connectivity index (χ2v) is 5.58. The third kappa shape index (κ3) is 2.05. The maximum Gasteiger partial charge on any atom is 0.123 e. The van der Waals surface area contributed by atoms with Gasteiger partial charge in [0.15, 0.2) is 0 Å². The van der Waals surface area contributed by atoms with Crippen molar-refractivity contribution in [1.29, 1.82) is 0 Å². The maximum absolute atomic E-state index is 5.94. The van der Waals surface area contributed by atoms with Crippen LogP contribution in [-0.2, 0) is 6.54 Å². The van der Waals surface area contributed by atoms with E-state index in [2.05, 4.69) is 31.7 Å². The Morgan fingerprint density at radius 3 is 2.65 bits per heavy atom. The number of benzene rings is 1. The monoisotopic (exact) mass is 234 g/mol. The number of hydrogen-bond donors (Lipinski definition) is 1. The van der Waals surface area contributed by atoms with E-state index in [-0.39, 0.29) is 5.54 Å². The fraction of sp³-hybridized carbons (Fsp3) is 0.571. The normalized spacial score (nSPS) is 20.4. The van der Waals surface area contributed by atoms with Gasteiger partial charge in [-0.2, -0.15) is 0 Å². The zero-order chi connectivity index (χ0) is 12.6. The van der Waals surface area contributed by atoms with Gasteiger partial charge in [0, 0.05) is 30.2 Å². The van der Waals surface area contributed by atoms with Crippen LogP contribution in [-0.4, -0.2) is 24.1 Å². The lowest BCUT2D eigenvalue weighted by Gasteiger charge is -2.36. The number of nitrogens with two attached hydrogens (primary N) is 1. The van der Waals surface area contributed by atoms with Gasteiger partial charge in [-0.1, -0.05) is 12.1 Å². The van der Waals surface area contributed by atoms with Crippen LogP contribution < -0.4 is 10.5 Å². The predicted molar refractivity (Wildman–Crippen MR) is 70.1 cm³/mol. The fourth-order valence-corrected chi connectivity index (χ4v) is 2.66. The average Bonchev–Trinajstić information content (AvgIpc) is 2.66. The van der Waals surface area contributed by atoms with Crippen molar-refractivity contribution < 1.29 is 4.74 Å². The van der Waals surface area contributed by atoms with Gasteiger partial charge in [-0.25, -0.2) is 0 Å². The highest BCUT2D eigenvalue weighted by Crippen LogP contribution is 2.41. The number of rotatable bonds is 2. The number of fused-ring (bicyclic) bond motifs is 1. The first-order valence-corrected chi connectivity index (χ1v) is 6.11. The first-order valence-electron chi connectivity index (χ1n) is 6.11. The summed E-state index contributed by atoms with van der Waals surface area (Å²) >= 11 is 0. The molecule has 0 amide bonds. The Labute approximate surface area is 104 Å². The summed E-state index contributed by atoms with van der Waals surface area (Å²) in [5, 5.41) is 0. The molecular weight excluding hydrogens is 212 g/mol. The van der Waals surface area contributed by atoms with E-state index in [1.165, 1.54) is 11.1 Å². The zero-order valence-electron chi connectivity index (χ0n) is 11.2. The summed E-state index contributed by atoms with van der Waals surface area (Å²) in [6.07, 6.45) is 0. The highest BCUT2D eigenvalue weighted by molar-refractivity contribution is 5.45. The van der Waals surface area contributed by atoms with Crippen molar-refractivity contribution in [3.05, 3.63) is 29.3 Å². The standard InChI is InChI=1S/C14H22N2O/c1-14(2,3)16-9-11-10(12(16)8-15)6-5-7-13(11)17-4/h5-7,12H,8-9,15H2,1-4H3. The second-order valence-electron chi connectivity index (χ2n) is 5.58. The van der Waals surface area contributed by atoms with Gasteiger partial charge >= 0.3 is 0 Å². The Hall–Kier alpha value is -1.06. The summed E-state index contributed by atoms with van der Waals surface area (Å²) < 4.78 is 5.44. The number of hydrogen-bond acceptors (Lipinski definition) is 3. The summed E-state index contributed by atoms with van der Waals surface area (Å²) in [5.41, 5.74) is 8.68. The summed E-state index contributed by atoms with van der Waals surface area (Å²) in [6, 6.07) is 6.55. The van der Waals surface area contributed by atoms with Gasteiger partial charge in [0.05, 0.1) is 7.11 Å². The SMILES string of the molecule is COc1cccc2c1CN(C(C)(C)C)C2CN. The minimum Gasteiger partial charge on any atom is -0.496 e. The first-order chi connectivity index (χ1) is 7.99. The molecule has 1 aliphatic heterocycles. The van der Waals surface area contributed by atoms with Crippen LogP contribution in [0.1, 0.15) is 37.9 Å². The lowest BCUT2D eigenvalue weighted by atomic mass is 10.0. The summed E-state index contributed by atoms with van der Waals surface area (Å²) in [6.45, 7) is 8.26. The fourth-order valence-electron chi connectivity index (χ4n) is 2.66. The molecule has 0 aliphatic carbocycles. The smallest absolute Gasteiger partial charge is 0.123 e. The molecule has 2 N–H and O–H groups in total. The molecule has 3 heteroatoms. The van der Waals surface area contributed by atoms with E-state index in [1.807, 2.05) is 12.1 Å². The maximum atomic E-state index is 5.94. The lowest BCUT2D eigenvalue weighted by Crippen LogP contribution is -2.42. The van der Waals surface area contributed by atoms with Crippen molar-refractivity contribution in [1.82, 2.24) is 4.90 Å². The first kappa shape index (κ1) is 12.4. The molecule has 1 aromatic carbocycles. The molecule has 2 rings (SSSR count). The van der Waals surface area contributed by atoms with Crippen molar-refractivity contribution >= 4 is 0 Å². The van der Waals surface area contributed by atoms with Gasteiger partial charge in [-0.15, -0.1) is 0 Å². The third-order valence-electron chi connectivity index (χ3n) is 3.54. The van der Waals surface area contributed by atoms with Crippen LogP contribution in [0.4, 0.5) is 0 Å². The summed E-state index contributed by atoms with van der Waals surface area (Å²) in [5.74, 6) is 0.979. The zero-order valence-corrected chi connectivity index (χ0v) is 11.2.